The van der Waals surface area contributed by atoms with Crippen LogP contribution < -0.4 is 14.8 Å². The van der Waals surface area contributed by atoms with Crippen molar-refractivity contribution in [2.45, 2.75) is 31.7 Å². The van der Waals surface area contributed by atoms with Crippen LogP contribution in [0.5, 0.6) is 11.5 Å². The van der Waals surface area contributed by atoms with Gasteiger partial charge in [-0.2, -0.15) is 0 Å². The Morgan fingerprint density at radius 1 is 1.27 bits per heavy atom. The lowest BCUT2D eigenvalue weighted by atomic mass is 10.1. The van der Waals surface area contributed by atoms with Crippen LogP contribution in [0.15, 0.2) is 18.2 Å². The Morgan fingerprint density at radius 2 is 1.95 bits per heavy atom. The molecule has 2 aliphatic carbocycles. The molecule has 0 saturated heterocycles. The summed E-state index contributed by atoms with van der Waals surface area (Å²) in [5.74, 6) is 2.13. The van der Waals surface area contributed by atoms with E-state index in [2.05, 4.69) is 5.32 Å². The Labute approximate surface area is 130 Å². The average molecular weight is 303 g/mol. The van der Waals surface area contributed by atoms with Crippen molar-refractivity contribution < 1.29 is 19.1 Å². The molecule has 1 N–H and O–H groups in total. The molecule has 0 radical (unpaired) electrons. The van der Waals surface area contributed by atoms with Gasteiger partial charge in [-0.25, -0.2) is 0 Å². The molecule has 1 aromatic carbocycles. The smallest absolute Gasteiger partial charge is 0.258 e. The van der Waals surface area contributed by atoms with Crippen molar-refractivity contribution in [3.05, 3.63) is 23.8 Å². The zero-order valence-electron chi connectivity index (χ0n) is 12.7. The van der Waals surface area contributed by atoms with E-state index >= 15 is 0 Å². The maximum absolute atomic E-state index is 12.1. The van der Waals surface area contributed by atoms with Crippen molar-refractivity contribution >= 4 is 12.2 Å². The van der Waals surface area contributed by atoms with Crippen LogP contribution in [0.1, 0.15) is 36.0 Å². The number of amides is 1. The molecule has 0 spiro atoms. The normalized spacial score (nSPS) is 17.2. The predicted octanol–water partition coefficient (Wildman–Crippen LogP) is 2.19. The van der Waals surface area contributed by atoms with Gasteiger partial charge in [-0.3, -0.25) is 9.59 Å². The maximum atomic E-state index is 12.1. The lowest BCUT2D eigenvalue weighted by Crippen LogP contribution is -2.40. The van der Waals surface area contributed by atoms with E-state index in [1.54, 1.807) is 18.2 Å². The second-order valence-electron chi connectivity index (χ2n) is 6.08. The summed E-state index contributed by atoms with van der Waals surface area (Å²) >= 11 is 0. The fourth-order valence-corrected chi connectivity index (χ4v) is 2.78. The number of hydrogen-bond acceptors (Lipinski definition) is 4. The predicted molar refractivity (Wildman–Crippen MR) is 81.3 cm³/mol. The zero-order valence-corrected chi connectivity index (χ0v) is 12.7. The molecule has 118 valence electrons. The van der Waals surface area contributed by atoms with Gasteiger partial charge in [0.25, 0.3) is 5.91 Å². The number of ether oxygens (including phenoxy) is 2. The van der Waals surface area contributed by atoms with Crippen LogP contribution in [0, 0.1) is 11.8 Å². The molecule has 0 unspecified atom stereocenters. The SMILES string of the molecule is COc1ccc(C=O)cc1OCC(=O)NC(C1CC1)C1CC1. The Morgan fingerprint density at radius 3 is 2.50 bits per heavy atom. The van der Waals surface area contributed by atoms with Gasteiger partial charge in [-0.1, -0.05) is 0 Å². The van der Waals surface area contributed by atoms with Crippen LogP contribution in [0.2, 0.25) is 0 Å². The quantitative estimate of drug-likeness (QED) is 0.748. The van der Waals surface area contributed by atoms with Crippen LogP contribution in [0.3, 0.4) is 0 Å². The summed E-state index contributed by atoms with van der Waals surface area (Å²) in [5, 5.41) is 3.10. The van der Waals surface area contributed by atoms with E-state index in [1.165, 1.54) is 32.8 Å². The first-order chi connectivity index (χ1) is 10.7. The van der Waals surface area contributed by atoms with Crippen LogP contribution in [-0.2, 0) is 4.79 Å². The third-order valence-corrected chi connectivity index (χ3v) is 4.27. The van der Waals surface area contributed by atoms with E-state index in [4.69, 9.17) is 9.47 Å². The number of aldehydes is 1. The molecule has 0 heterocycles. The minimum Gasteiger partial charge on any atom is -0.493 e. The van der Waals surface area contributed by atoms with Gasteiger partial charge in [-0.05, 0) is 55.7 Å². The Balaban J connectivity index is 1.57. The highest BCUT2D eigenvalue weighted by molar-refractivity contribution is 5.79. The summed E-state index contributed by atoms with van der Waals surface area (Å²) < 4.78 is 10.7. The molecule has 5 heteroatoms. The van der Waals surface area contributed by atoms with Crippen LogP contribution in [0.25, 0.3) is 0 Å². The van der Waals surface area contributed by atoms with E-state index in [0.717, 1.165) is 6.29 Å². The fourth-order valence-electron chi connectivity index (χ4n) is 2.78. The van der Waals surface area contributed by atoms with Crippen molar-refractivity contribution in [2.24, 2.45) is 11.8 Å². The molecule has 1 aromatic rings. The summed E-state index contributed by atoms with van der Waals surface area (Å²) in [6, 6.07) is 5.21. The minimum absolute atomic E-state index is 0.0609. The molecule has 0 bridgehead atoms. The summed E-state index contributed by atoms with van der Waals surface area (Å²) in [4.78, 5) is 22.9. The molecule has 2 fully saturated rings. The molecular formula is C17H21NO4. The van der Waals surface area contributed by atoms with Crippen molar-refractivity contribution in [2.75, 3.05) is 13.7 Å². The van der Waals surface area contributed by atoms with Gasteiger partial charge < -0.3 is 14.8 Å². The molecule has 2 aliphatic rings. The van der Waals surface area contributed by atoms with Crippen molar-refractivity contribution in [1.29, 1.82) is 0 Å². The van der Waals surface area contributed by atoms with Gasteiger partial charge in [-0.15, -0.1) is 0 Å². The number of rotatable bonds is 8. The number of hydrogen-bond donors (Lipinski definition) is 1. The van der Waals surface area contributed by atoms with E-state index in [-0.39, 0.29) is 12.5 Å². The fraction of sp³-hybridized carbons (Fsp3) is 0.529. The van der Waals surface area contributed by atoms with E-state index in [9.17, 15) is 9.59 Å². The minimum atomic E-state index is -0.109. The van der Waals surface area contributed by atoms with Gasteiger partial charge in [0, 0.05) is 11.6 Å². The van der Waals surface area contributed by atoms with Gasteiger partial charge >= 0.3 is 0 Å². The largest absolute Gasteiger partial charge is 0.493 e. The van der Waals surface area contributed by atoms with E-state index in [1.807, 2.05) is 0 Å². The lowest BCUT2D eigenvalue weighted by Gasteiger charge is -2.18. The summed E-state index contributed by atoms with van der Waals surface area (Å²) in [5.41, 5.74) is 0.491. The van der Waals surface area contributed by atoms with Crippen LogP contribution >= 0.6 is 0 Å². The Bertz CT molecular complexity index is 552. The molecule has 1 amide bonds. The molecular weight excluding hydrogens is 282 g/mol. The third-order valence-electron chi connectivity index (χ3n) is 4.27. The van der Waals surface area contributed by atoms with Crippen molar-refractivity contribution in [1.82, 2.24) is 5.32 Å². The van der Waals surface area contributed by atoms with E-state index in [0.29, 0.717) is 34.9 Å². The van der Waals surface area contributed by atoms with Gasteiger partial charge in [0.05, 0.1) is 7.11 Å². The monoisotopic (exact) mass is 303 g/mol. The van der Waals surface area contributed by atoms with Gasteiger partial charge in [0.15, 0.2) is 18.1 Å². The highest BCUT2D eigenvalue weighted by Gasteiger charge is 2.42. The van der Waals surface area contributed by atoms with E-state index < -0.39 is 0 Å². The number of methoxy groups -OCH3 is 1. The number of carbonyl (C=O) groups is 2. The number of benzene rings is 1. The lowest BCUT2D eigenvalue weighted by molar-refractivity contribution is -0.124. The summed E-state index contributed by atoms with van der Waals surface area (Å²) in [6.07, 6.45) is 5.62. The molecule has 0 aliphatic heterocycles. The van der Waals surface area contributed by atoms with Crippen molar-refractivity contribution in [3.63, 3.8) is 0 Å². The topological polar surface area (TPSA) is 64.6 Å². The first kappa shape index (κ1) is 14.9. The molecule has 2 saturated carbocycles. The molecule has 0 atom stereocenters. The average Bonchev–Trinajstić information content (AvgIpc) is 3.42. The molecule has 5 nitrogen and oxygen atoms in total. The Hall–Kier alpha value is -2.04. The van der Waals surface area contributed by atoms with Gasteiger partial charge in [0.1, 0.15) is 6.29 Å². The summed E-state index contributed by atoms with van der Waals surface area (Å²) in [6.45, 7) is -0.0609. The Kier molecular flexibility index (Phi) is 4.32. The standard InChI is InChI=1S/C17H21NO4/c1-21-14-7-2-11(9-19)8-15(14)22-10-16(20)18-17(12-3-4-12)13-5-6-13/h2,7-9,12-13,17H,3-6,10H2,1H3,(H,18,20). The first-order valence-corrected chi connectivity index (χ1v) is 7.76. The van der Waals surface area contributed by atoms with Crippen LogP contribution in [0.4, 0.5) is 0 Å². The molecule has 22 heavy (non-hydrogen) atoms. The second-order valence-corrected chi connectivity index (χ2v) is 6.08. The zero-order chi connectivity index (χ0) is 15.5. The number of carbonyl (C=O) groups excluding carboxylic acids is 2. The maximum Gasteiger partial charge on any atom is 0.258 e. The highest BCUT2D eigenvalue weighted by Crippen LogP contribution is 2.44. The van der Waals surface area contributed by atoms with Gasteiger partial charge in [0.2, 0.25) is 0 Å². The summed E-state index contributed by atoms with van der Waals surface area (Å²) in [7, 11) is 1.53. The molecule has 0 aromatic heterocycles. The highest BCUT2D eigenvalue weighted by atomic mass is 16.5. The van der Waals surface area contributed by atoms with Crippen molar-refractivity contribution in [3.8, 4) is 11.5 Å². The number of nitrogens with one attached hydrogen (secondary N) is 1. The third kappa shape index (κ3) is 3.59. The first-order valence-electron chi connectivity index (χ1n) is 7.76. The second kappa shape index (κ2) is 6.38. The molecule has 3 rings (SSSR count). The van der Waals surface area contributed by atoms with Crippen LogP contribution in [-0.4, -0.2) is 32.0 Å².